The minimum Gasteiger partial charge on any atom is -0.462 e. The fraction of sp³-hybridized carbons (Fsp3) is 0.429. The Kier molecular flexibility index (Phi) is 5.62. The van der Waals surface area contributed by atoms with Gasteiger partial charge in [-0.3, -0.25) is 0 Å². The second-order valence-corrected chi connectivity index (χ2v) is 3.79. The van der Waals surface area contributed by atoms with Gasteiger partial charge in [0.1, 0.15) is 0 Å². The molecular weight excluding hydrogens is 200 g/mol. The number of rotatable bonds is 6. The van der Waals surface area contributed by atoms with Crippen molar-refractivity contribution >= 4 is 5.97 Å². The number of hydrogen-bond donors (Lipinski definition) is 0. The van der Waals surface area contributed by atoms with Crippen LogP contribution in [0.2, 0.25) is 0 Å². The summed E-state index contributed by atoms with van der Waals surface area (Å²) in [5.74, 6) is -0.227. The molecule has 2 nitrogen and oxygen atoms in total. The zero-order valence-corrected chi connectivity index (χ0v) is 9.87. The summed E-state index contributed by atoms with van der Waals surface area (Å²) in [6.45, 7) is 6.38. The first-order valence-electron chi connectivity index (χ1n) is 5.83. The van der Waals surface area contributed by atoms with E-state index in [-0.39, 0.29) is 5.97 Å². The third-order valence-electron chi connectivity index (χ3n) is 2.39. The van der Waals surface area contributed by atoms with Crippen molar-refractivity contribution in [2.24, 2.45) is 0 Å². The summed E-state index contributed by atoms with van der Waals surface area (Å²) >= 11 is 0. The molecule has 0 heterocycles. The predicted molar refractivity (Wildman–Crippen MR) is 65.3 cm³/mol. The number of hydrogen-bond acceptors (Lipinski definition) is 2. The van der Waals surface area contributed by atoms with Crippen LogP contribution >= 0.6 is 0 Å². The van der Waals surface area contributed by atoms with Gasteiger partial charge in [-0.05, 0) is 37.0 Å². The summed E-state index contributed by atoms with van der Waals surface area (Å²) in [5, 5.41) is 0. The second-order valence-electron chi connectivity index (χ2n) is 3.79. The van der Waals surface area contributed by atoms with Gasteiger partial charge >= 0.3 is 5.97 Å². The second kappa shape index (κ2) is 7.04. The first-order chi connectivity index (χ1) is 7.77. The maximum atomic E-state index is 11.6. The van der Waals surface area contributed by atoms with Gasteiger partial charge in [0.25, 0.3) is 0 Å². The van der Waals surface area contributed by atoms with E-state index in [9.17, 15) is 4.79 Å². The minimum absolute atomic E-state index is 0.227. The first-order valence-corrected chi connectivity index (χ1v) is 5.83. The van der Waals surface area contributed by atoms with Gasteiger partial charge in [-0.15, -0.1) is 0 Å². The molecule has 0 aromatic heterocycles. The van der Waals surface area contributed by atoms with E-state index in [0.29, 0.717) is 12.2 Å². The highest BCUT2D eigenvalue weighted by atomic mass is 16.5. The maximum Gasteiger partial charge on any atom is 0.338 e. The van der Waals surface area contributed by atoms with Crippen molar-refractivity contribution in [2.45, 2.75) is 32.6 Å². The van der Waals surface area contributed by atoms with E-state index in [2.05, 4.69) is 13.8 Å². The molecule has 0 atom stereocenters. The Morgan fingerprint density at radius 1 is 1.31 bits per heavy atom. The van der Waals surface area contributed by atoms with Crippen molar-refractivity contribution in [3.8, 4) is 0 Å². The fourth-order valence-corrected chi connectivity index (χ4v) is 1.40. The highest BCUT2D eigenvalue weighted by Crippen LogP contribution is 2.08. The van der Waals surface area contributed by atoms with Crippen LogP contribution in [0.4, 0.5) is 0 Å². The summed E-state index contributed by atoms with van der Waals surface area (Å²) in [6.07, 6.45) is 3.78. The zero-order chi connectivity index (χ0) is 11.8. The molecule has 0 unspecified atom stereocenters. The van der Waals surface area contributed by atoms with Gasteiger partial charge in [0.2, 0.25) is 0 Å². The highest BCUT2D eigenvalue weighted by molar-refractivity contribution is 5.89. The predicted octanol–water partition coefficient (Wildman–Crippen LogP) is 3.41. The van der Waals surface area contributed by atoms with E-state index in [1.165, 1.54) is 5.56 Å². The number of benzene rings is 1. The van der Waals surface area contributed by atoms with Crippen LogP contribution in [0.5, 0.6) is 0 Å². The van der Waals surface area contributed by atoms with Crippen molar-refractivity contribution < 1.29 is 9.53 Å². The number of carbonyl (C=O) groups excluding carboxylic acids is 1. The molecule has 2 heteroatoms. The van der Waals surface area contributed by atoms with Crippen molar-refractivity contribution in [1.29, 1.82) is 0 Å². The lowest BCUT2D eigenvalue weighted by atomic mass is 10.1. The Hall–Kier alpha value is -1.31. The van der Waals surface area contributed by atoms with Crippen molar-refractivity contribution in [3.05, 3.63) is 42.3 Å². The van der Waals surface area contributed by atoms with E-state index >= 15 is 0 Å². The lowest BCUT2D eigenvalue weighted by Crippen LogP contribution is -2.06. The summed E-state index contributed by atoms with van der Waals surface area (Å²) in [5.41, 5.74) is 1.84. The van der Waals surface area contributed by atoms with Gasteiger partial charge in [-0.25, -0.2) is 4.79 Å². The molecule has 16 heavy (non-hydrogen) atoms. The number of ether oxygens (including phenoxy) is 1. The van der Waals surface area contributed by atoms with Crippen LogP contribution in [-0.2, 0) is 11.2 Å². The molecule has 0 N–H and O–H groups in total. The molecule has 0 fully saturated rings. The van der Waals surface area contributed by atoms with Gasteiger partial charge in [0.15, 0.2) is 0 Å². The van der Waals surface area contributed by atoms with E-state index < -0.39 is 0 Å². The van der Waals surface area contributed by atoms with Gasteiger partial charge in [-0.1, -0.05) is 32.4 Å². The molecule has 1 radical (unpaired) electrons. The number of unbranched alkanes of at least 4 members (excludes halogenated alkanes) is 1. The molecule has 0 saturated carbocycles. The Morgan fingerprint density at radius 2 is 2.00 bits per heavy atom. The molecule has 0 aliphatic heterocycles. The van der Waals surface area contributed by atoms with Gasteiger partial charge in [0.05, 0.1) is 12.2 Å². The smallest absolute Gasteiger partial charge is 0.338 e. The van der Waals surface area contributed by atoms with Crippen molar-refractivity contribution in [2.75, 3.05) is 6.61 Å². The average molecular weight is 219 g/mol. The SMILES string of the molecule is [CH2]CCc1ccc(C(=O)OCCCC)cc1. The van der Waals surface area contributed by atoms with Crippen LogP contribution < -0.4 is 0 Å². The molecule has 0 aliphatic rings. The monoisotopic (exact) mass is 219 g/mol. The van der Waals surface area contributed by atoms with E-state index in [1.54, 1.807) is 0 Å². The summed E-state index contributed by atoms with van der Waals surface area (Å²) < 4.78 is 5.12. The molecule has 0 bridgehead atoms. The van der Waals surface area contributed by atoms with E-state index in [1.807, 2.05) is 24.3 Å². The molecule has 1 rings (SSSR count). The molecule has 1 aromatic carbocycles. The lowest BCUT2D eigenvalue weighted by Gasteiger charge is -2.04. The van der Waals surface area contributed by atoms with Gasteiger partial charge in [-0.2, -0.15) is 0 Å². The molecule has 1 aromatic rings. The zero-order valence-electron chi connectivity index (χ0n) is 9.87. The number of aryl methyl sites for hydroxylation is 1. The van der Waals surface area contributed by atoms with Gasteiger partial charge in [0, 0.05) is 0 Å². The standard InChI is InChI=1S/C14H19O2/c1-3-5-11-16-14(15)13-9-7-12(6-4-2)8-10-13/h7-10H,2-6,11H2,1H3. The van der Waals surface area contributed by atoms with Crippen LogP contribution in [0.3, 0.4) is 0 Å². The molecule has 0 amide bonds. The van der Waals surface area contributed by atoms with Crippen LogP contribution in [0.1, 0.15) is 42.1 Å². The van der Waals surface area contributed by atoms with Crippen molar-refractivity contribution in [3.63, 3.8) is 0 Å². The number of carbonyl (C=O) groups is 1. The Labute approximate surface area is 97.6 Å². The summed E-state index contributed by atoms with van der Waals surface area (Å²) in [6, 6.07) is 7.56. The van der Waals surface area contributed by atoms with Crippen LogP contribution in [0.25, 0.3) is 0 Å². The topological polar surface area (TPSA) is 26.3 Å². The molecule has 0 aliphatic carbocycles. The van der Waals surface area contributed by atoms with Crippen LogP contribution in [0.15, 0.2) is 24.3 Å². The molecule has 0 saturated heterocycles. The fourth-order valence-electron chi connectivity index (χ4n) is 1.40. The lowest BCUT2D eigenvalue weighted by molar-refractivity contribution is 0.0500. The first kappa shape index (κ1) is 12.8. The van der Waals surface area contributed by atoms with Crippen LogP contribution in [-0.4, -0.2) is 12.6 Å². The molecule has 0 spiro atoms. The summed E-state index contributed by atoms with van der Waals surface area (Å²) in [7, 11) is 0. The minimum atomic E-state index is -0.227. The Morgan fingerprint density at radius 3 is 2.56 bits per heavy atom. The quantitative estimate of drug-likeness (QED) is 0.541. The summed E-state index contributed by atoms with van der Waals surface area (Å²) in [4.78, 5) is 11.6. The maximum absolute atomic E-state index is 11.6. The van der Waals surface area contributed by atoms with E-state index in [4.69, 9.17) is 4.74 Å². The van der Waals surface area contributed by atoms with Gasteiger partial charge < -0.3 is 4.74 Å². The van der Waals surface area contributed by atoms with E-state index in [0.717, 1.165) is 25.7 Å². The Balaban J connectivity index is 2.49. The third-order valence-corrected chi connectivity index (χ3v) is 2.39. The molecular formula is C14H19O2. The number of esters is 1. The molecule has 87 valence electrons. The largest absolute Gasteiger partial charge is 0.462 e. The highest BCUT2D eigenvalue weighted by Gasteiger charge is 2.05. The van der Waals surface area contributed by atoms with Crippen molar-refractivity contribution in [1.82, 2.24) is 0 Å². The van der Waals surface area contributed by atoms with Crippen LogP contribution in [0, 0.1) is 6.92 Å². The average Bonchev–Trinajstić information content (AvgIpc) is 2.30. The third kappa shape index (κ3) is 4.05. The Bertz CT molecular complexity index is 314. The normalized spacial score (nSPS) is 10.1.